The van der Waals surface area contributed by atoms with Crippen LogP contribution < -0.4 is 14.8 Å². The summed E-state index contributed by atoms with van der Waals surface area (Å²) >= 11 is 0. The van der Waals surface area contributed by atoms with Gasteiger partial charge in [0.1, 0.15) is 6.61 Å². The van der Waals surface area contributed by atoms with E-state index in [-0.39, 0.29) is 5.91 Å². The molecule has 4 nitrogen and oxygen atoms in total. The van der Waals surface area contributed by atoms with Gasteiger partial charge in [0.2, 0.25) is 6.10 Å². The third-order valence-electron chi connectivity index (χ3n) is 6.92. The van der Waals surface area contributed by atoms with Gasteiger partial charge in [-0.05, 0) is 80.2 Å². The molecule has 4 saturated carbocycles. The third-order valence-corrected chi connectivity index (χ3v) is 6.92. The lowest BCUT2D eigenvalue weighted by Gasteiger charge is -2.57. The smallest absolute Gasteiger partial charge is 0.264 e. The highest BCUT2D eigenvalue weighted by atomic mass is 16.6. The number of hydrogen-bond donors (Lipinski definition) is 1. The van der Waals surface area contributed by atoms with Crippen LogP contribution in [0.5, 0.6) is 11.5 Å². The Bertz CT molecular complexity index is 636. The van der Waals surface area contributed by atoms with E-state index < -0.39 is 6.10 Å². The van der Waals surface area contributed by atoms with Crippen molar-refractivity contribution in [1.82, 2.24) is 5.32 Å². The number of nitrogens with one attached hydrogen (secondary N) is 1. The van der Waals surface area contributed by atoms with Gasteiger partial charge in [-0.1, -0.05) is 12.1 Å². The largest absolute Gasteiger partial charge is 0.485 e. The lowest BCUT2D eigenvalue weighted by atomic mass is 9.49. The zero-order chi connectivity index (χ0) is 16.9. The van der Waals surface area contributed by atoms with Crippen molar-refractivity contribution in [1.29, 1.82) is 0 Å². The van der Waals surface area contributed by atoms with Crippen LogP contribution in [0, 0.1) is 23.2 Å². The SMILES string of the molecule is O=C(NCCC12CC3CC(CC(C3)C1)C2)[C@H]1COc2ccccc2O1. The summed E-state index contributed by atoms with van der Waals surface area (Å²) in [4.78, 5) is 12.5. The van der Waals surface area contributed by atoms with Crippen LogP contribution in [0.15, 0.2) is 24.3 Å². The average molecular weight is 341 g/mol. The standard InChI is InChI=1S/C21H27NO3/c23-20(19-13-24-17-3-1-2-4-18(17)25-19)22-6-5-21-10-14-7-15(11-21)9-16(8-14)12-21/h1-4,14-16,19H,5-13H2,(H,22,23)/t14?,15?,16?,19-,21?/m1/s1. The maximum Gasteiger partial charge on any atom is 0.264 e. The predicted octanol–water partition coefficient (Wildman–Crippen LogP) is 3.55. The fraction of sp³-hybridized carbons (Fsp3) is 0.667. The molecule has 0 aromatic heterocycles. The number of fused-ring (bicyclic) bond motifs is 1. The van der Waals surface area contributed by atoms with Crippen LogP contribution >= 0.6 is 0 Å². The van der Waals surface area contributed by atoms with Crippen molar-refractivity contribution in [2.24, 2.45) is 23.2 Å². The Balaban J connectivity index is 1.15. The van der Waals surface area contributed by atoms with Crippen molar-refractivity contribution in [3.05, 3.63) is 24.3 Å². The average Bonchev–Trinajstić information content (AvgIpc) is 2.60. The number of hydrogen-bond acceptors (Lipinski definition) is 3. The van der Waals surface area contributed by atoms with Crippen LogP contribution in [0.3, 0.4) is 0 Å². The molecule has 1 aliphatic heterocycles. The summed E-state index contributed by atoms with van der Waals surface area (Å²) in [5.41, 5.74) is 0.512. The molecule has 4 fully saturated rings. The molecule has 0 unspecified atom stereocenters. The zero-order valence-corrected chi connectivity index (χ0v) is 14.7. The number of carbonyl (C=O) groups is 1. The van der Waals surface area contributed by atoms with Gasteiger partial charge >= 0.3 is 0 Å². The van der Waals surface area contributed by atoms with Crippen molar-refractivity contribution in [2.75, 3.05) is 13.2 Å². The van der Waals surface area contributed by atoms with Crippen LogP contribution in [0.25, 0.3) is 0 Å². The van der Waals surface area contributed by atoms with Crippen molar-refractivity contribution in [3.8, 4) is 11.5 Å². The first-order valence-electron chi connectivity index (χ1n) is 9.85. The lowest BCUT2D eigenvalue weighted by molar-refractivity contribution is -0.130. The molecular weight excluding hydrogens is 314 g/mol. The van der Waals surface area contributed by atoms with Crippen LogP contribution in [0.4, 0.5) is 0 Å². The molecule has 4 bridgehead atoms. The van der Waals surface area contributed by atoms with Gasteiger partial charge in [-0.3, -0.25) is 4.79 Å². The normalized spacial score (nSPS) is 37.8. The summed E-state index contributed by atoms with van der Waals surface area (Å²) in [6.45, 7) is 1.06. The molecule has 1 amide bonds. The topological polar surface area (TPSA) is 47.6 Å². The zero-order valence-electron chi connectivity index (χ0n) is 14.7. The third kappa shape index (κ3) is 2.90. The van der Waals surface area contributed by atoms with Gasteiger partial charge in [0, 0.05) is 6.54 Å². The van der Waals surface area contributed by atoms with E-state index in [0.29, 0.717) is 17.8 Å². The second kappa shape index (κ2) is 5.93. The molecule has 4 heteroatoms. The minimum Gasteiger partial charge on any atom is -0.485 e. The summed E-state index contributed by atoms with van der Waals surface area (Å²) < 4.78 is 11.5. The van der Waals surface area contributed by atoms with Gasteiger partial charge in [-0.25, -0.2) is 0 Å². The first-order valence-corrected chi connectivity index (χ1v) is 9.85. The Morgan fingerprint density at radius 3 is 2.36 bits per heavy atom. The molecule has 134 valence electrons. The number of benzene rings is 1. The fourth-order valence-electron chi connectivity index (χ4n) is 6.31. The van der Waals surface area contributed by atoms with Crippen molar-refractivity contribution in [3.63, 3.8) is 0 Å². The molecule has 25 heavy (non-hydrogen) atoms. The lowest BCUT2D eigenvalue weighted by Crippen LogP contribution is -2.48. The number of carbonyl (C=O) groups excluding carboxylic acids is 1. The van der Waals surface area contributed by atoms with Crippen LogP contribution in [-0.4, -0.2) is 25.2 Å². The van der Waals surface area contributed by atoms with Gasteiger partial charge in [0.15, 0.2) is 11.5 Å². The van der Waals surface area contributed by atoms with Crippen molar-refractivity contribution in [2.45, 2.75) is 51.0 Å². The second-order valence-corrected chi connectivity index (χ2v) is 8.82. The molecular formula is C21H27NO3. The van der Waals surface area contributed by atoms with E-state index in [2.05, 4.69) is 5.32 Å². The predicted molar refractivity (Wildman–Crippen MR) is 94.6 cm³/mol. The molecule has 0 saturated heterocycles. The molecule has 0 radical (unpaired) electrons. The van der Waals surface area contributed by atoms with Crippen molar-refractivity contribution >= 4 is 5.91 Å². The van der Waals surface area contributed by atoms with E-state index in [1.807, 2.05) is 24.3 Å². The van der Waals surface area contributed by atoms with Gasteiger partial charge in [-0.15, -0.1) is 0 Å². The molecule has 1 aromatic carbocycles. The van der Waals surface area contributed by atoms with E-state index in [1.165, 1.54) is 38.5 Å². The van der Waals surface area contributed by atoms with E-state index in [1.54, 1.807) is 0 Å². The molecule has 6 rings (SSSR count). The Morgan fingerprint density at radius 2 is 1.68 bits per heavy atom. The van der Waals surface area contributed by atoms with Crippen LogP contribution in [-0.2, 0) is 4.79 Å². The number of ether oxygens (including phenoxy) is 2. The molecule has 1 heterocycles. The number of rotatable bonds is 4. The van der Waals surface area contributed by atoms with E-state index in [4.69, 9.17) is 9.47 Å². The molecule has 4 aliphatic carbocycles. The Hall–Kier alpha value is -1.71. The minimum atomic E-state index is -0.536. The molecule has 1 N–H and O–H groups in total. The Morgan fingerprint density at radius 1 is 1.04 bits per heavy atom. The quantitative estimate of drug-likeness (QED) is 0.911. The molecule has 1 atom stereocenters. The number of para-hydroxylation sites is 2. The summed E-state index contributed by atoms with van der Waals surface area (Å²) in [6.07, 6.45) is 9.19. The summed E-state index contributed by atoms with van der Waals surface area (Å²) in [6, 6.07) is 7.53. The van der Waals surface area contributed by atoms with E-state index in [9.17, 15) is 4.79 Å². The molecule has 0 spiro atoms. The van der Waals surface area contributed by atoms with E-state index >= 15 is 0 Å². The first-order chi connectivity index (χ1) is 12.2. The van der Waals surface area contributed by atoms with Gasteiger partial charge in [-0.2, -0.15) is 0 Å². The highest BCUT2D eigenvalue weighted by Gasteiger charge is 2.50. The van der Waals surface area contributed by atoms with Gasteiger partial charge in [0.05, 0.1) is 0 Å². The maximum absolute atomic E-state index is 12.5. The van der Waals surface area contributed by atoms with E-state index in [0.717, 1.165) is 36.5 Å². The Labute approximate surface area is 149 Å². The van der Waals surface area contributed by atoms with Crippen LogP contribution in [0.1, 0.15) is 44.9 Å². The maximum atomic E-state index is 12.5. The fourth-order valence-corrected chi connectivity index (χ4v) is 6.31. The highest BCUT2D eigenvalue weighted by Crippen LogP contribution is 2.61. The van der Waals surface area contributed by atoms with Gasteiger partial charge < -0.3 is 14.8 Å². The van der Waals surface area contributed by atoms with Crippen molar-refractivity contribution < 1.29 is 14.3 Å². The minimum absolute atomic E-state index is 0.0424. The summed E-state index contributed by atoms with van der Waals surface area (Å²) in [5.74, 6) is 4.24. The number of amides is 1. The summed E-state index contributed by atoms with van der Waals surface area (Å²) in [5, 5.41) is 3.11. The second-order valence-electron chi connectivity index (χ2n) is 8.82. The Kier molecular flexibility index (Phi) is 3.68. The van der Waals surface area contributed by atoms with Crippen LogP contribution in [0.2, 0.25) is 0 Å². The molecule has 1 aromatic rings. The highest BCUT2D eigenvalue weighted by molar-refractivity contribution is 5.81. The monoisotopic (exact) mass is 341 g/mol. The molecule has 5 aliphatic rings. The summed E-state index contributed by atoms with van der Waals surface area (Å²) in [7, 11) is 0. The first kappa shape index (κ1) is 15.5. The van der Waals surface area contributed by atoms with Gasteiger partial charge in [0.25, 0.3) is 5.91 Å².